The van der Waals surface area contributed by atoms with Crippen molar-refractivity contribution in [3.05, 3.63) is 24.3 Å². The lowest BCUT2D eigenvalue weighted by Gasteiger charge is -2.26. The van der Waals surface area contributed by atoms with E-state index < -0.39 is 5.97 Å². The number of carboxylic acid groups (broad SMARTS) is 1. The number of rotatable bonds is 4. The van der Waals surface area contributed by atoms with Gasteiger partial charge in [-0.05, 0) is 57.6 Å². The number of alkyl carbamates (subject to hydrolysis) is 1. The Morgan fingerprint density at radius 3 is 2.25 bits per heavy atom. The number of aliphatic carboxylic acids is 1. The van der Waals surface area contributed by atoms with Crippen molar-refractivity contribution in [1.29, 1.82) is 0 Å². The number of fused-ring (bicyclic) bond motifs is 1. The van der Waals surface area contributed by atoms with Gasteiger partial charge in [-0.25, -0.2) is 4.79 Å². The van der Waals surface area contributed by atoms with Crippen molar-refractivity contribution in [2.75, 3.05) is 6.54 Å². The Bertz CT molecular complexity index is 543. The second-order valence-electron chi connectivity index (χ2n) is 6.44. The molecule has 1 aromatic rings. The van der Waals surface area contributed by atoms with Crippen LogP contribution in [0.15, 0.2) is 24.3 Å². The summed E-state index contributed by atoms with van der Waals surface area (Å²) < 4.78 is 9.89. The molecule has 0 aromatic heterocycles. The van der Waals surface area contributed by atoms with E-state index in [9.17, 15) is 9.59 Å². The SMILES string of the molecule is CC(C)OC(=O)NCC1CCC(C(=O)O)CC1.c1ccc2c(c1)O2. The second-order valence-corrected chi connectivity index (χ2v) is 6.44. The molecule has 3 rings (SSSR count). The van der Waals surface area contributed by atoms with Gasteiger partial charge in [0, 0.05) is 6.54 Å². The zero-order valence-electron chi connectivity index (χ0n) is 14.2. The van der Waals surface area contributed by atoms with Gasteiger partial charge in [0.1, 0.15) is 0 Å². The molecule has 6 nitrogen and oxygen atoms in total. The van der Waals surface area contributed by atoms with Crippen molar-refractivity contribution >= 4 is 12.1 Å². The highest BCUT2D eigenvalue weighted by Crippen LogP contribution is 2.43. The Balaban J connectivity index is 0.000000242. The number of hydrogen-bond donors (Lipinski definition) is 2. The van der Waals surface area contributed by atoms with Crippen molar-refractivity contribution < 1.29 is 24.2 Å². The molecule has 1 heterocycles. The van der Waals surface area contributed by atoms with Crippen LogP contribution in [0.25, 0.3) is 0 Å². The fourth-order valence-corrected chi connectivity index (χ4v) is 2.71. The minimum Gasteiger partial charge on any atom is -0.481 e. The Morgan fingerprint density at radius 1 is 1.21 bits per heavy atom. The van der Waals surface area contributed by atoms with Crippen LogP contribution in [0.5, 0.6) is 11.5 Å². The van der Waals surface area contributed by atoms with Crippen LogP contribution >= 0.6 is 0 Å². The first-order chi connectivity index (χ1) is 11.5. The fraction of sp³-hybridized carbons (Fsp3) is 0.556. The van der Waals surface area contributed by atoms with Gasteiger partial charge in [-0.15, -0.1) is 0 Å². The summed E-state index contributed by atoms with van der Waals surface area (Å²) in [5, 5.41) is 11.6. The predicted octanol–water partition coefficient (Wildman–Crippen LogP) is 3.80. The lowest BCUT2D eigenvalue weighted by Crippen LogP contribution is -2.33. The van der Waals surface area contributed by atoms with Gasteiger partial charge in [0.15, 0.2) is 11.5 Å². The maximum atomic E-state index is 11.2. The minimum atomic E-state index is -0.698. The Hall–Kier alpha value is -2.24. The molecular weight excluding hydrogens is 310 g/mol. The number of carbonyl (C=O) groups is 2. The van der Waals surface area contributed by atoms with Crippen molar-refractivity contribution in [3.8, 4) is 11.5 Å². The van der Waals surface area contributed by atoms with Crippen LogP contribution < -0.4 is 10.1 Å². The van der Waals surface area contributed by atoms with E-state index in [1.807, 2.05) is 24.3 Å². The molecule has 2 N–H and O–H groups in total. The molecule has 0 atom stereocenters. The van der Waals surface area contributed by atoms with Crippen LogP contribution in [0.3, 0.4) is 0 Å². The quantitative estimate of drug-likeness (QED) is 0.830. The summed E-state index contributed by atoms with van der Waals surface area (Å²) in [5.41, 5.74) is 0. The first-order valence-corrected chi connectivity index (χ1v) is 8.40. The van der Waals surface area contributed by atoms with Crippen molar-refractivity contribution in [2.24, 2.45) is 11.8 Å². The van der Waals surface area contributed by atoms with E-state index in [0.717, 1.165) is 24.3 Å². The van der Waals surface area contributed by atoms with Gasteiger partial charge in [0.05, 0.1) is 12.0 Å². The van der Waals surface area contributed by atoms with E-state index in [1.165, 1.54) is 0 Å². The van der Waals surface area contributed by atoms with E-state index in [1.54, 1.807) is 13.8 Å². The van der Waals surface area contributed by atoms with Crippen LogP contribution in [0.1, 0.15) is 39.5 Å². The van der Waals surface area contributed by atoms with Crippen LogP contribution in [-0.4, -0.2) is 29.8 Å². The van der Waals surface area contributed by atoms with Gasteiger partial charge >= 0.3 is 12.1 Å². The maximum absolute atomic E-state index is 11.2. The van der Waals surface area contributed by atoms with Crippen LogP contribution in [0.4, 0.5) is 4.79 Å². The Morgan fingerprint density at radius 2 is 1.79 bits per heavy atom. The largest absolute Gasteiger partial charge is 0.481 e. The molecule has 0 spiro atoms. The third-order valence-electron chi connectivity index (χ3n) is 4.10. The zero-order chi connectivity index (χ0) is 17.5. The first kappa shape index (κ1) is 18.1. The van der Waals surface area contributed by atoms with Crippen molar-refractivity contribution in [3.63, 3.8) is 0 Å². The summed E-state index contributed by atoms with van der Waals surface area (Å²) >= 11 is 0. The molecule has 0 unspecified atom stereocenters. The van der Waals surface area contributed by atoms with Gasteiger partial charge in [-0.3, -0.25) is 4.79 Å². The molecule has 2 aliphatic rings. The zero-order valence-corrected chi connectivity index (χ0v) is 14.2. The second kappa shape index (κ2) is 8.57. The lowest BCUT2D eigenvalue weighted by atomic mass is 9.82. The third-order valence-corrected chi connectivity index (χ3v) is 4.10. The van der Waals surface area contributed by atoms with E-state index in [2.05, 4.69) is 5.32 Å². The number of benzene rings is 1. The Labute approximate surface area is 142 Å². The summed E-state index contributed by atoms with van der Waals surface area (Å²) in [4.78, 5) is 22.0. The van der Waals surface area contributed by atoms with E-state index in [0.29, 0.717) is 25.3 Å². The van der Waals surface area contributed by atoms with Crippen molar-refractivity contribution in [2.45, 2.75) is 45.6 Å². The average molecular weight is 335 g/mol. The molecule has 6 heteroatoms. The maximum Gasteiger partial charge on any atom is 0.407 e. The molecule has 1 aliphatic carbocycles. The van der Waals surface area contributed by atoms with Gasteiger partial charge in [0.25, 0.3) is 0 Å². The van der Waals surface area contributed by atoms with Crippen LogP contribution in [0.2, 0.25) is 0 Å². The highest BCUT2D eigenvalue weighted by atomic mass is 16.6. The van der Waals surface area contributed by atoms with Gasteiger partial charge < -0.3 is 19.9 Å². The number of carbonyl (C=O) groups excluding carboxylic acids is 1. The van der Waals surface area contributed by atoms with E-state index in [4.69, 9.17) is 14.6 Å². The van der Waals surface area contributed by atoms with E-state index >= 15 is 0 Å². The highest BCUT2D eigenvalue weighted by Gasteiger charge is 2.26. The summed E-state index contributed by atoms with van der Waals surface area (Å²) in [6, 6.07) is 7.84. The van der Waals surface area contributed by atoms with Gasteiger partial charge in [0.2, 0.25) is 0 Å². The monoisotopic (exact) mass is 335 g/mol. The summed E-state index contributed by atoms with van der Waals surface area (Å²) in [6.45, 7) is 4.19. The molecule has 1 aliphatic heterocycles. The molecule has 0 saturated heterocycles. The number of para-hydroxylation sites is 2. The average Bonchev–Trinajstić information content (AvgIpc) is 3.33. The van der Waals surface area contributed by atoms with E-state index in [-0.39, 0.29) is 18.1 Å². The molecule has 24 heavy (non-hydrogen) atoms. The summed E-state index contributed by atoms with van der Waals surface area (Å²) in [7, 11) is 0. The normalized spacial score (nSPS) is 20.8. The number of nitrogens with one attached hydrogen (secondary N) is 1. The molecule has 1 saturated carbocycles. The number of hydrogen-bond acceptors (Lipinski definition) is 4. The molecule has 132 valence electrons. The standard InChI is InChI=1S/C12H21NO4.C6H4O/c1-8(2)17-12(16)13-7-9-3-5-10(6-4-9)11(14)15;1-2-4-6-5(3-1)7-6/h8-10H,3-7H2,1-2H3,(H,13,16)(H,14,15);1-4H. The van der Waals surface area contributed by atoms with Gasteiger partial charge in [-0.1, -0.05) is 12.1 Å². The fourth-order valence-electron chi connectivity index (χ4n) is 2.71. The minimum absolute atomic E-state index is 0.113. The molecule has 0 bridgehead atoms. The van der Waals surface area contributed by atoms with Crippen molar-refractivity contribution in [1.82, 2.24) is 5.32 Å². The smallest absolute Gasteiger partial charge is 0.407 e. The van der Waals surface area contributed by atoms with Gasteiger partial charge in [-0.2, -0.15) is 0 Å². The molecule has 0 radical (unpaired) electrons. The topological polar surface area (TPSA) is 88.2 Å². The Kier molecular flexibility index (Phi) is 6.46. The summed E-state index contributed by atoms with van der Waals surface area (Å²) in [5.74, 6) is 1.54. The number of carboxylic acids is 1. The first-order valence-electron chi connectivity index (χ1n) is 8.40. The number of amides is 1. The highest BCUT2D eigenvalue weighted by molar-refractivity contribution is 5.70. The third kappa shape index (κ3) is 6.10. The number of ether oxygens (including phenoxy) is 2. The lowest BCUT2D eigenvalue weighted by molar-refractivity contribution is -0.143. The molecule has 1 fully saturated rings. The molecular formula is C18H25NO5. The predicted molar refractivity (Wildman–Crippen MR) is 89.2 cm³/mol. The van der Waals surface area contributed by atoms with Crippen LogP contribution in [-0.2, 0) is 9.53 Å². The molecule has 1 amide bonds. The summed E-state index contributed by atoms with van der Waals surface area (Å²) in [6.07, 6.45) is 2.64. The van der Waals surface area contributed by atoms with Crippen LogP contribution in [0, 0.1) is 11.8 Å². The molecule has 1 aromatic carbocycles.